The van der Waals surface area contributed by atoms with E-state index in [2.05, 4.69) is 6.92 Å². The monoisotopic (exact) mass is 209 g/mol. The van der Waals surface area contributed by atoms with Gasteiger partial charge < -0.3 is 5.11 Å². The lowest BCUT2D eigenvalue weighted by molar-refractivity contribution is -0.132. The second kappa shape index (κ2) is 9.26. The second-order valence-corrected chi connectivity index (χ2v) is 3.62. The number of hydrogen-bond acceptors (Lipinski definition) is 2. The van der Waals surface area contributed by atoms with Crippen LogP contribution in [0, 0.1) is 11.3 Å². The van der Waals surface area contributed by atoms with Crippen molar-refractivity contribution < 1.29 is 9.90 Å². The lowest BCUT2D eigenvalue weighted by Gasteiger charge is -2.01. The first kappa shape index (κ1) is 13.7. The van der Waals surface area contributed by atoms with E-state index in [1.54, 1.807) is 6.07 Å². The SMILES string of the molecule is CCCCCCCC/C(=C\C#N)C(=O)O. The summed E-state index contributed by atoms with van der Waals surface area (Å²) in [6.45, 7) is 2.16. The average Bonchev–Trinajstić information content (AvgIpc) is 2.21. The Morgan fingerprint density at radius 2 is 1.87 bits per heavy atom. The molecule has 0 radical (unpaired) electrons. The number of unbranched alkanes of at least 4 members (excludes halogenated alkanes) is 5. The molecule has 0 amide bonds. The van der Waals surface area contributed by atoms with Crippen molar-refractivity contribution in [1.29, 1.82) is 5.26 Å². The summed E-state index contributed by atoms with van der Waals surface area (Å²) >= 11 is 0. The zero-order valence-corrected chi connectivity index (χ0v) is 9.33. The Hall–Kier alpha value is -1.30. The van der Waals surface area contributed by atoms with E-state index in [1.165, 1.54) is 19.3 Å². The van der Waals surface area contributed by atoms with E-state index in [0.29, 0.717) is 6.42 Å². The number of hydrogen-bond donors (Lipinski definition) is 1. The van der Waals surface area contributed by atoms with Crippen molar-refractivity contribution in [2.75, 3.05) is 0 Å². The van der Waals surface area contributed by atoms with Crippen molar-refractivity contribution in [1.82, 2.24) is 0 Å². The Balaban J connectivity index is 3.61. The van der Waals surface area contributed by atoms with Gasteiger partial charge in [-0.05, 0) is 12.8 Å². The molecule has 0 spiro atoms. The van der Waals surface area contributed by atoms with Crippen LogP contribution in [0.1, 0.15) is 51.9 Å². The Morgan fingerprint density at radius 3 is 2.40 bits per heavy atom. The normalized spacial score (nSPS) is 11.1. The fourth-order valence-electron chi connectivity index (χ4n) is 1.41. The molecule has 0 saturated heterocycles. The molecule has 15 heavy (non-hydrogen) atoms. The van der Waals surface area contributed by atoms with E-state index in [0.717, 1.165) is 25.3 Å². The van der Waals surface area contributed by atoms with Gasteiger partial charge in [-0.1, -0.05) is 39.0 Å². The third-order valence-electron chi connectivity index (χ3n) is 2.31. The standard InChI is InChI=1S/C12H19NO2/c1-2-3-4-5-6-7-8-11(9-10-13)12(14)15/h9H,2-8H2,1H3,(H,14,15)/b11-9+. The van der Waals surface area contributed by atoms with Crippen LogP contribution in [-0.4, -0.2) is 11.1 Å². The molecule has 1 N–H and O–H groups in total. The summed E-state index contributed by atoms with van der Waals surface area (Å²) in [4.78, 5) is 10.6. The molecule has 0 bridgehead atoms. The minimum Gasteiger partial charge on any atom is -0.478 e. The number of carboxylic acids is 1. The second-order valence-electron chi connectivity index (χ2n) is 3.62. The third kappa shape index (κ3) is 7.75. The van der Waals surface area contributed by atoms with Crippen molar-refractivity contribution in [3.8, 4) is 6.07 Å². The number of carbonyl (C=O) groups is 1. The van der Waals surface area contributed by atoms with Crippen LogP contribution < -0.4 is 0 Å². The smallest absolute Gasteiger partial charge is 0.332 e. The van der Waals surface area contributed by atoms with Gasteiger partial charge in [0.15, 0.2) is 0 Å². The molecule has 0 saturated carbocycles. The first-order chi connectivity index (χ1) is 7.22. The zero-order chi connectivity index (χ0) is 11.5. The highest BCUT2D eigenvalue weighted by molar-refractivity contribution is 5.87. The van der Waals surface area contributed by atoms with Gasteiger partial charge in [0.25, 0.3) is 0 Å². The van der Waals surface area contributed by atoms with Crippen LogP contribution in [0.15, 0.2) is 11.6 Å². The van der Waals surface area contributed by atoms with Gasteiger partial charge in [0.1, 0.15) is 0 Å². The number of allylic oxidation sites excluding steroid dienone is 1. The predicted molar refractivity (Wildman–Crippen MR) is 59.3 cm³/mol. The number of carboxylic acid groups (broad SMARTS) is 1. The fraction of sp³-hybridized carbons (Fsp3) is 0.667. The first-order valence-electron chi connectivity index (χ1n) is 5.54. The van der Waals surface area contributed by atoms with Gasteiger partial charge in [0, 0.05) is 11.6 Å². The summed E-state index contributed by atoms with van der Waals surface area (Å²) in [5.74, 6) is -0.967. The molecule has 0 aliphatic heterocycles. The Morgan fingerprint density at radius 1 is 1.27 bits per heavy atom. The lowest BCUT2D eigenvalue weighted by Crippen LogP contribution is -2.00. The summed E-state index contributed by atoms with van der Waals surface area (Å²) < 4.78 is 0. The van der Waals surface area contributed by atoms with E-state index in [-0.39, 0.29) is 5.57 Å². The Bertz CT molecular complexity index is 251. The molecule has 0 aliphatic carbocycles. The number of rotatable bonds is 8. The van der Waals surface area contributed by atoms with Crippen LogP contribution in [0.3, 0.4) is 0 Å². The molecule has 0 heterocycles. The summed E-state index contributed by atoms with van der Waals surface area (Å²) in [6.07, 6.45) is 8.41. The maximum atomic E-state index is 10.6. The predicted octanol–water partition coefficient (Wildman–Crippen LogP) is 3.27. The van der Waals surface area contributed by atoms with Crippen molar-refractivity contribution in [2.24, 2.45) is 0 Å². The van der Waals surface area contributed by atoms with Crippen LogP contribution >= 0.6 is 0 Å². The molecule has 0 aromatic rings. The van der Waals surface area contributed by atoms with E-state index in [1.807, 2.05) is 0 Å². The van der Waals surface area contributed by atoms with Crippen LogP contribution in [-0.2, 0) is 4.79 Å². The molecule has 0 atom stereocenters. The Labute approximate surface area is 91.4 Å². The molecule has 0 aromatic heterocycles. The Kier molecular flexibility index (Phi) is 8.46. The summed E-state index contributed by atoms with van der Waals surface area (Å²) in [5.41, 5.74) is 0.230. The maximum absolute atomic E-state index is 10.6. The van der Waals surface area contributed by atoms with Crippen LogP contribution in [0.4, 0.5) is 0 Å². The molecule has 0 fully saturated rings. The quantitative estimate of drug-likeness (QED) is 0.379. The molecule has 0 unspecified atom stereocenters. The molecule has 3 heteroatoms. The van der Waals surface area contributed by atoms with Gasteiger partial charge in [0.2, 0.25) is 0 Å². The minimum absolute atomic E-state index is 0.230. The highest BCUT2D eigenvalue weighted by Gasteiger charge is 2.05. The summed E-state index contributed by atoms with van der Waals surface area (Å²) in [6, 6.07) is 1.77. The van der Waals surface area contributed by atoms with Gasteiger partial charge in [-0.25, -0.2) is 4.79 Å². The number of nitrogens with zero attached hydrogens (tertiary/aromatic N) is 1. The van der Waals surface area contributed by atoms with Gasteiger partial charge in [0.05, 0.1) is 6.07 Å². The van der Waals surface area contributed by atoms with Crippen LogP contribution in [0.2, 0.25) is 0 Å². The zero-order valence-electron chi connectivity index (χ0n) is 9.33. The van der Waals surface area contributed by atoms with E-state index in [9.17, 15) is 4.79 Å². The van der Waals surface area contributed by atoms with Crippen LogP contribution in [0.25, 0.3) is 0 Å². The van der Waals surface area contributed by atoms with E-state index in [4.69, 9.17) is 10.4 Å². The van der Waals surface area contributed by atoms with E-state index < -0.39 is 5.97 Å². The van der Waals surface area contributed by atoms with Gasteiger partial charge >= 0.3 is 5.97 Å². The number of aliphatic carboxylic acids is 1. The molecule has 0 aromatic carbocycles. The third-order valence-corrected chi connectivity index (χ3v) is 2.31. The van der Waals surface area contributed by atoms with Crippen molar-refractivity contribution in [3.05, 3.63) is 11.6 Å². The van der Waals surface area contributed by atoms with E-state index >= 15 is 0 Å². The highest BCUT2D eigenvalue weighted by atomic mass is 16.4. The first-order valence-corrected chi connectivity index (χ1v) is 5.54. The van der Waals surface area contributed by atoms with Gasteiger partial charge in [-0.2, -0.15) is 5.26 Å². The van der Waals surface area contributed by atoms with Crippen LogP contribution in [0.5, 0.6) is 0 Å². The lowest BCUT2D eigenvalue weighted by atomic mass is 10.1. The largest absolute Gasteiger partial charge is 0.478 e. The average molecular weight is 209 g/mol. The molecular formula is C12H19NO2. The highest BCUT2D eigenvalue weighted by Crippen LogP contribution is 2.11. The minimum atomic E-state index is -0.967. The summed E-state index contributed by atoms with van der Waals surface area (Å²) in [5, 5.41) is 17.1. The maximum Gasteiger partial charge on any atom is 0.332 e. The van der Waals surface area contributed by atoms with Gasteiger partial charge in [-0.3, -0.25) is 0 Å². The molecule has 0 rings (SSSR count). The van der Waals surface area contributed by atoms with Crippen molar-refractivity contribution in [3.63, 3.8) is 0 Å². The molecule has 84 valence electrons. The summed E-state index contributed by atoms with van der Waals surface area (Å²) in [7, 11) is 0. The number of nitriles is 1. The molecule has 3 nitrogen and oxygen atoms in total. The topological polar surface area (TPSA) is 61.1 Å². The molecular weight excluding hydrogens is 190 g/mol. The van der Waals surface area contributed by atoms with Crippen molar-refractivity contribution in [2.45, 2.75) is 51.9 Å². The van der Waals surface area contributed by atoms with Gasteiger partial charge in [-0.15, -0.1) is 0 Å². The fourth-order valence-corrected chi connectivity index (χ4v) is 1.41. The van der Waals surface area contributed by atoms with Crippen molar-refractivity contribution >= 4 is 5.97 Å². The molecule has 0 aliphatic rings.